The van der Waals surface area contributed by atoms with Crippen molar-refractivity contribution < 1.29 is 4.79 Å². The van der Waals surface area contributed by atoms with Gasteiger partial charge >= 0.3 is 0 Å². The van der Waals surface area contributed by atoms with Crippen LogP contribution in [0.4, 0.5) is 0 Å². The first kappa shape index (κ1) is 12.8. The monoisotopic (exact) mass is 263 g/mol. The summed E-state index contributed by atoms with van der Waals surface area (Å²) in [5.41, 5.74) is 2.34. The lowest BCUT2D eigenvalue weighted by Crippen LogP contribution is -2.27. The third-order valence-corrected chi connectivity index (χ3v) is 4.11. The highest BCUT2D eigenvalue weighted by Gasteiger charge is 2.19. The van der Waals surface area contributed by atoms with Gasteiger partial charge in [0.1, 0.15) is 0 Å². The van der Waals surface area contributed by atoms with E-state index in [1.807, 2.05) is 45.3 Å². The molecule has 0 bridgehead atoms. The van der Waals surface area contributed by atoms with Gasteiger partial charge in [0.15, 0.2) is 0 Å². The molecule has 0 fully saturated rings. The minimum Gasteiger partial charge on any atom is -0.345 e. The van der Waals surface area contributed by atoms with Crippen LogP contribution in [0.1, 0.15) is 39.6 Å². The van der Waals surface area contributed by atoms with Crippen LogP contribution < -0.4 is 5.32 Å². The maximum absolute atomic E-state index is 12.2. The molecule has 2 aromatic rings. The molecule has 0 saturated heterocycles. The summed E-state index contributed by atoms with van der Waals surface area (Å²) < 4.78 is 1.74. The van der Waals surface area contributed by atoms with Gasteiger partial charge in [-0.15, -0.1) is 11.3 Å². The Labute approximate surface area is 111 Å². The minimum absolute atomic E-state index is 0.0245. The van der Waals surface area contributed by atoms with E-state index in [0.717, 1.165) is 16.3 Å². The van der Waals surface area contributed by atoms with Crippen molar-refractivity contribution in [3.63, 3.8) is 0 Å². The van der Waals surface area contributed by atoms with Crippen molar-refractivity contribution in [1.29, 1.82) is 0 Å². The Balaban J connectivity index is 2.17. The summed E-state index contributed by atoms with van der Waals surface area (Å²) in [4.78, 5) is 13.4. The van der Waals surface area contributed by atoms with Crippen molar-refractivity contribution >= 4 is 17.2 Å². The Bertz CT molecular complexity index is 557. The van der Waals surface area contributed by atoms with E-state index >= 15 is 0 Å². The molecular weight excluding hydrogens is 246 g/mol. The molecule has 0 aromatic carbocycles. The number of carbonyl (C=O) groups excluding carboxylic acids is 1. The van der Waals surface area contributed by atoms with E-state index in [-0.39, 0.29) is 11.9 Å². The van der Waals surface area contributed by atoms with Crippen LogP contribution in [0.15, 0.2) is 17.5 Å². The molecule has 0 saturated carbocycles. The molecule has 2 rings (SSSR count). The maximum Gasteiger partial charge on any atom is 0.255 e. The van der Waals surface area contributed by atoms with Gasteiger partial charge in [-0.2, -0.15) is 5.10 Å². The number of thiophene rings is 1. The smallest absolute Gasteiger partial charge is 0.255 e. The summed E-state index contributed by atoms with van der Waals surface area (Å²) in [6.07, 6.45) is 0. The van der Waals surface area contributed by atoms with Crippen LogP contribution in [0.3, 0.4) is 0 Å². The second-order valence-corrected chi connectivity index (χ2v) is 5.36. The van der Waals surface area contributed by atoms with E-state index < -0.39 is 0 Å². The molecule has 0 radical (unpaired) electrons. The number of aryl methyl sites for hydroxylation is 2. The van der Waals surface area contributed by atoms with Crippen LogP contribution >= 0.6 is 11.3 Å². The first-order valence-electron chi connectivity index (χ1n) is 5.85. The number of nitrogens with one attached hydrogen (secondary N) is 1. The van der Waals surface area contributed by atoms with E-state index in [1.165, 1.54) is 0 Å². The minimum atomic E-state index is -0.0565. The number of aromatic nitrogens is 2. The number of amides is 1. The fraction of sp³-hybridized carbons (Fsp3) is 0.385. The molecule has 96 valence electrons. The largest absolute Gasteiger partial charge is 0.345 e. The number of hydrogen-bond acceptors (Lipinski definition) is 3. The molecule has 0 unspecified atom stereocenters. The highest BCUT2D eigenvalue weighted by Crippen LogP contribution is 2.19. The zero-order valence-electron chi connectivity index (χ0n) is 11.0. The number of nitrogens with zero attached hydrogens (tertiary/aromatic N) is 2. The van der Waals surface area contributed by atoms with Gasteiger partial charge in [0.25, 0.3) is 5.91 Å². The van der Waals surface area contributed by atoms with E-state index in [1.54, 1.807) is 16.0 Å². The average molecular weight is 263 g/mol. The first-order chi connectivity index (χ1) is 8.50. The Morgan fingerprint density at radius 3 is 2.72 bits per heavy atom. The number of hydrogen-bond donors (Lipinski definition) is 1. The predicted octanol–water partition coefficient (Wildman–Crippen LogP) is 2.59. The molecule has 1 amide bonds. The Morgan fingerprint density at radius 2 is 2.22 bits per heavy atom. The van der Waals surface area contributed by atoms with Crippen LogP contribution in [0.25, 0.3) is 0 Å². The van der Waals surface area contributed by atoms with Crippen LogP contribution in [-0.4, -0.2) is 15.7 Å². The summed E-state index contributed by atoms with van der Waals surface area (Å²) in [5, 5.41) is 9.28. The zero-order valence-corrected chi connectivity index (χ0v) is 11.8. The molecule has 2 heterocycles. The first-order valence-corrected chi connectivity index (χ1v) is 6.73. The normalized spacial score (nSPS) is 12.4. The molecule has 0 aliphatic carbocycles. The van der Waals surface area contributed by atoms with Gasteiger partial charge in [0.2, 0.25) is 0 Å². The van der Waals surface area contributed by atoms with Crippen molar-refractivity contribution in [2.45, 2.75) is 26.8 Å². The summed E-state index contributed by atoms with van der Waals surface area (Å²) in [5.74, 6) is -0.0565. The van der Waals surface area contributed by atoms with Gasteiger partial charge in [-0.3, -0.25) is 9.48 Å². The molecule has 0 spiro atoms. The third-order valence-electron chi connectivity index (χ3n) is 3.05. The van der Waals surface area contributed by atoms with Crippen LogP contribution in [0.2, 0.25) is 0 Å². The van der Waals surface area contributed by atoms with E-state index in [0.29, 0.717) is 5.56 Å². The van der Waals surface area contributed by atoms with Crippen LogP contribution in [0.5, 0.6) is 0 Å². The van der Waals surface area contributed by atoms with Gasteiger partial charge in [-0.05, 0) is 32.2 Å². The lowest BCUT2D eigenvalue weighted by Gasteiger charge is -2.12. The lowest BCUT2D eigenvalue weighted by molar-refractivity contribution is 0.0939. The second-order valence-electron chi connectivity index (χ2n) is 4.38. The molecular formula is C13H17N3OS. The molecule has 0 aliphatic heterocycles. The molecule has 2 aromatic heterocycles. The van der Waals surface area contributed by atoms with Gasteiger partial charge in [0, 0.05) is 17.6 Å². The molecule has 4 nitrogen and oxygen atoms in total. The summed E-state index contributed by atoms with van der Waals surface area (Å²) >= 11 is 1.65. The zero-order chi connectivity index (χ0) is 13.3. The fourth-order valence-corrected chi connectivity index (χ4v) is 2.71. The quantitative estimate of drug-likeness (QED) is 0.925. The molecule has 1 atom stereocenters. The SMILES string of the molecule is Cc1nn(C)c(C)c1C(=O)N[C@H](C)c1cccs1. The van der Waals surface area contributed by atoms with Crippen molar-refractivity contribution in [1.82, 2.24) is 15.1 Å². The summed E-state index contributed by atoms with van der Waals surface area (Å²) in [7, 11) is 1.85. The fourth-order valence-electron chi connectivity index (χ4n) is 1.98. The van der Waals surface area contributed by atoms with Gasteiger partial charge in [-0.25, -0.2) is 0 Å². The average Bonchev–Trinajstić information content (AvgIpc) is 2.88. The summed E-state index contributed by atoms with van der Waals surface area (Å²) in [6.45, 7) is 5.76. The van der Waals surface area contributed by atoms with Gasteiger partial charge < -0.3 is 5.32 Å². The van der Waals surface area contributed by atoms with E-state index in [2.05, 4.69) is 10.4 Å². The summed E-state index contributed by atoms with van der Waals surface area (Å²) in [6, 6.07) is 4.04. The molecule has 5 heteroatoms. The Morgan fingerprint density at radius 1 is 1.50 bits per heavy atom. The predicted molar refractivity (Wildman–Crippen MR) is 72.9 cm³/mol. The van der Waals surface area contributed by atoms with Crippen molar-refractivity contribution in [2.75, 3.05) is 0 Å². The van der Waals surface area contributed by atoms with E-state index in [4.69, 9.17) is 0 Å². The van der Waals surface area contributed by atoms with Crippen LogP contribution in [-0.2, 0) is 7.05 Å². The van der Waals surface area contributed by atoms with Crippen LogP contribution in [0, 0.1) is 13.8 Å². The standard InChI is InChI=1S/C13H17N3OS/c1-8(11-6-5-7-18-11)14-13(17)12-9(2)15-16(4)10(12)3/h5-8H,1-4H3,(H,14,17)/t8-/m1/s1. The van der Waals surface area contributed by atoms with Gasteiger partial charge in [-0.1, -0.05) is 6.07 Å². The lowest BCUT2D eigenvalue weighted by atomic mass is 10.1. The van der Waals surface area contributed by atoms with Gasteiger partial charge in [0.05, 0.1) is 17.3 Å². The van der Waals surface area contributed by atoms with Crippen molar-refractivity contribution in [3.05, 3.63) is 39.3 Å². The number of rotatable bonds is 3. The Hall–Kier alpha value is -1.62. The Kier molecular flexibility index (Phi) is 3.52. The third kappa shape index (κ3) is 2.31. The molecule has 18 heavy (non-hydrogen) atoms. The molecule has 0 aliphatic rings. The molecule has 1 N–H and O–H groups in total. The maximum atomic E-state index is 12.2. The number of carbonyl (C=O) groups is 1. The van der Waals surface area contributed by atoms with Crippen molar-refractivity contribution in [2.24, 2.45) is 7.05 Å². The second kappa shape index (κ2) is 4.94. The van der Waals surface area contributed by atoms with E-state index in [9.17, 15) is 4.79 Å². The highest BCUT2D eigenvalue weighted by atomic mass is 32.1. The highest BCUT2D eigenvalue weighted by molar-refractivity contribution is 7.10. The van der Waals surface area contributed by atoms with Crippen molar-refractivity contribution in [3.8, 4) is 0 Å². The topological polar surface area (TPSA) is 46.9 Å².